The van der Waals surface area contributed by atoms with Crippen molar-refractivity contribution in [3.05, 3.63) is 66.2 Å². The van der Waals surface area contributed by atoms with Crippen molar-refractivity contribution in [3.8, 4) is 22.5 Å². The first-order chi connectivity index (χ1) is 16.0. The Kier molecular flexibility index (Phi) is 5.67. The highest BCUT2D eigenvalue weighted by atomic mass is 16.1. The topological polar surface area (TPSA) is 72.2 Å². The van der Waals surface area contributed by atoms with Crippen LogP contribution < -0.4 is 5.32 Å². The number of anilines is 1. The third-order valence-electron chi connectivity index (χ3n) is 6.14. The quantitative estimate of drug-likeness (QED) is 0.350. The van der Waals surface area contributed by atoms with Gasteiger partial charge in [-0.2, -0.15) is 0 Å². The van der Waals surface area contributed by atoms with Crippen molar-refractivity contribution in [3.63, 3.8) is 0 Å². The zero-order valence-corrected chi connectivity index (χ0v) is 19.4. The van der Waals surface area contributed by atoms with Gasteiger partial charge in [0.05, 0.1) is 17.6 Å². The predicted molar refractivity (Wildman–Crippen MR) is 131 cm³/mol. The Balaban J connectivity index is 1.57. The van der Waals surface area contributed by atoms with Crippen LogP contribution in [0.3, 0.4) is 0 Å². The highest BCUT2D eigenvalue weighted by molar-refractivity contribution is 5.98. The number of aryl methyl sites for hydroxylation is 1. The molecular weight excluding hydrogens is 410 g/mol. The molecule has 168 valence electrons. The summed E-state index contributed by atoms with van der Waals surface area (Å²) in [7, 11) is 0. The minimum absolute atomic E-state index is 0.254. The number of rotatable bonds is 8. The summed E-state index contributed by atoms with van der Waals surface area (Å²) in [5.41, 5.74) is 6.48. The van der Waals surface area contributed by atoms with Crippen LogP contribution in [0.5, 0.6) is 0 Å². The van der Waals surface area contributed by atoms with E-state index in [1.807, 2.05) is 43.6 Å². The van der Waals surface area contributed by atoms with Gasteiger partial charge in [0, 0.05) is 48.2 Å². The van der Waals surface area contributed by atoms with E-state index in [-0.39, 0.29) is 5.78 Å². The van der Waals surface area contributed by atoms with E-state index in [2.05, 4.69) is 34.6 Å². The van der Waals surface area contributed by atoms with Gasteiger partial charge in [-0.15, -0.1) is 0 Å². The third kappa shape index (κ3) is 4.51. The van der Waals surface area contributed by atoms with E-state index < -0.39 is 0 Å². The molecule has 1 saturated carbocycles. The van der Waals surface area contributed by atoms with Crippen LogP contribution in [0, 0.1) is 18.8 Å². The number of pyridine rings is 1. The summed E-state index contributed by atoms with van der Waals surface area (Å²) in [5, 5.41) is 3.47. The van der Waals surface area contributed by atoms with E-state index in [1.54, 1.807) is 12.4 Å². The van der Waals surface area contributed by atoms with E-state index in [9.17, 15) is 4.79 Å². The number of nitrogens with zero attached hydrogens (tertiary/aromatic N) is 4. The summed E-state index contributed by atoms with van der Waals surface area (Å²) in [6.45, 7) is 7.17. The molecule has 3 heterocycles. The maximum absolute atomic E-state index is 12.7. The molecule has 0 saturated heterocycles. The van der Waals surface area contributed by atoms with Gasteiger partial charge in [-0.05, 0) is 55.4 Å². The van der Waals surface area contributed by atoms with Gasteiger partial charge in [-0.3, -0.25) is 14.2 Å². The summed E-state index contributed by atoms with van der Waals surface area (Å²) in [4.78, 5) is 26.4. The fourth-order valence-electron chi connectivity index (χ4n) is 4.11. The van der Waals surface area contributed by atoms with Crippen molar-refractivity contribution in [2.45, 2.75) is 40.0 Å². The third-order valence-corrected chi connectivity index (χ3v) is 6.14. The van der Waals surface area contributed by atoms with E-state index in [1.165, 1.54) is 12.8 Å². The molecular formula is C27H29N5O. The van der Waals surface area contributed by atoms with Crippen LogP contribution >= 0.6 is 0 Å². The Morgan fingerprint density at radius 1 is 1.15 bits per heavy atom. The molecule has 0 unspecified atom stereocenters. The smallest absolute Gasteiger partial charge is 0.180 e. The average Bonchev–Trinajstić information content (AvgIpc) is 3.52. The summed E-state index contributed by atoms with van der Waals surface area (Å²) >= 11 is 0. The highest BCUT2D eigenvalue weighted by Gasteiger charge is 2.25. The fraction of sp³-hybridized carbons (Fsp3) is 0.333. The van der Waals surface area contributed by atoms with Crippen LogP contribution in [0.4, 0.5) is 5.82 Å². The normalized spacial score (nSPS) is 13.6. The molecule has 0 radical (unpaired) electrons. The molecule has 0 amide bonds. The Morgan fingerprint density at radius 3 is 2.64 bits per heavy atom. The number of Topliss-reactive ketones (excluding diaryl/α,β-unsaturated/α-hetero) is 1. The number of fused-ring (bicyclic) bond motifs is 1. The second kappa shape index (κ2) is 8.77. The van der Waals surface area contributed by atoms with Gasteiger partial charge in [0.15, 0.2) is 17.2 Å². The van der Waals surface area contributed by atoms with Gasteiger partial charge in [0.25, 0.3) is 0 Å². The van der Waals surface area contributed by atoms with E-state index in [0.717, 1.165) is 51.7 Å². The van der Waals surface area contributed by atoms with Crippen molar-refractivity contribution in [1.29, 1.82) is 0 Å². The number of carbonyl (C=O) groups excluding carboxylic acids is 1. The van der Waals surface area contributed by atoms with Crippen LogP contribution in [0.15, 0.2) is 55.1 Å². The summed E-state index contributed by atoms with van der Waals surface area (Å²) in [6, 6.07) is 10.0. The molecule has 0 spiro atoms. The second-order valence-corrected chi connectivity index (χ2v) is 9.42. The lowest BCUT2D eigenvalue weighted by atomic mass is 9.98. The number of hydrogen-bond donors (Lipinski definition) is 1. The molecule has 5 rings (SSSR count). The number of imidazole rings is 1. The molecule has 4 aromatic rings. The molecule has 0 bridgehead atoms. The number of hydrogen-bond acceptors (Lipinski definition) is 5. The molecule has 6 heteroatoms. The van der Waals surface area contributed by atoms with E-state index in [0.29, 0.717) is 18.3 Å². The standard InChI is InChI=1S/C27H29N5O/c1-17(2)14-29-26-27-30-15-24(32(27)16-23(31-26)20-8-10-28-11-9-20)21-6-7-22(18(3)12-21)25(33)13-19-4-5-19/h6-12,15-17,19H,4-5,13-14H2,1-3H3,(H,29,31). The molecule has 1 aliphatic rings. The summed E-state index contributed by atoms with van der Waals surface area (Å²) in [5.74, 6) is 2.08. The minimum Gasteiger partial charge on any atom is -0.367 e. The lowest BCUT2D eigenvalue weighted by Crippen LogP contribution is -2.11. The molecule has 0 atom stereocenters. The number of aromatic nitrogens is 4. The Labute approximate surface area is 194 Å². The molecule has 1 fully saturated rings. The molecule has 0 aliphatic heterocycles. The first kappa shape index (κ1) is 21.3. The number of benzene rings is 1. The first-order valence-electron chi connectivity index (χ1n) is 11.7. The lowest BCUT2D eigenvalue weighted by Gasteiger charge is -2.13. The number of ketones is 1. The number of carbonyl (C=O) groups is 1. The Bertz CT molecular complexity index is 1310. The average molecular weight is 440 g/mol. The van der Waals surface area contributed by atoms with Crippen molar-refractivity contribution in [1.82, 2.24) is 19.4 Å². The molecule has 3 aromatic heterocycles. The summed E-state index contributed by atoms with van der Waals surface area (Å²) < 4.78 is 2.09. The Hall–Kier alpha value is -3.54. The van der Waals surface area contributed by atoms with Gasteiger partial charge in [-0.25, -0.2) is 9.97 Å². The monoisotopic (exact) mass is 439 g/mol. The van der Waals surface area contributed by atoms with Crippen molar-refractivity contribution >= 4 is 17.2 Å². The van der Waals surface area contributed by atoms with Crippen LogP contribution in [-0.2, 0) is 0 Å². The first-order valence-corrected chi connectivity index (χ1v) is 11.7. The lowest BCUT2D eigenvalue weighted by molar-refractivity contribution is 0.0975. The maximum Gasteiger partial charge on any atom is 0.180 e. The van der Waals surface area contributed by atoms with Gasteiger partial charge in [0.1, 0.15) is 0 Å². The van der Waals surface area contributed by atoms with E-state index >= 15 is 0 Å². The zero-order chi connectivity index (χ0) is 22.9. The zero-order valence-electron chi connectivity index (χ0n) is 19.4. The van der Waals surface area contributed by atoms with Crippen LogP contribution in [0.1, 0.15) is 49.0 Å². The summed E-state index contributed by atoms with van der Waals surface area (Å²) in [6.07, 6.45) is 10.5. The Morgan fingerprint density at radius 2 is 1.94 bits per heavy atom. The SMILES string of the molecule is Cc1cc(-c2cnc3c(NCC(C)C)nc(-c4ccncc4)cn23)ccc1C(=O)CC1CC1. The molecule has 1 aromatic carbocycles. The molecule has 33 heavy (non-hydrogen) atoms. The van der Waals surface area contributed by atoms with Crippen molar-refractivity contribution in [2.75, 3.05) is 11.9 Å². The molecule has 6 nitrogen and oxygen atoms in total. The van der Waals surface area contributed by atoms with Crippen LogP contribution in [0.25, 0.3) is 28.2 Å². The minimum atomic E-state index is 0.254. The van der Waals surface area contributed by atoms with Crippen molar-refractivity contribution in [2.24, 2.45) is 11.8 Å². The van der Waals surface area contributed by atoms with Gasteiger partial charge in [0.2, 0.25) is 0 Å². The van der Waals surface area contributed by atoms with Gasteiger partial charge < -0.3 is 5.32 Å². The second-order valence-electron chi connectivity index (χ2n) is 9.42. The maximum atomic E-state index is 12.7. The highest BCUT2D eigenvalue weighted by Crippen LogP contribution is 2.34. The predicted octanol–water partition coefficient (Wildman–Crippen LogP) is 5.82. The van der Waals surface area contributed by atoms with Crippen LogP contribution in [0.2, 0.25) is 0 Å². The molecule has 1 aliphatic carbocycles. The largest absolute Gasteiger partial charge is 0.367 e. The number of nitrogens with one attached hydrogen (secondary N) is 1. The van der Waals surface area contributed by atoms with Gasteiger partial charge >= 0.3 is 0 Å². The van der Waals surface area contributed by atoms with E-state index in [4.69, 9.17) is 9.97 Å². The van der Waals surface area contributed by atoms with Crippen LogP contribution in [-0.4, -0.2) is 31.7 Å². The van der Waals surface area contributed by atoms with Gasteiger partial charge in [-0.1, -0.05) is 26.0 Å². The van der Waals surface area contributed by atoms with Crippen molar-refractivity contribution < 1.29 is 4.79 Å². The fourth-order valence-corrected chi connectivity index (χ4v) is 4.11. The molecule has 1 N–H and O–H groups in total.